The summed E-state index contributed by atoms with van der Waals surface area (Å²) in [7, 11) is 2.04. The molecular formula is C14H18ClN3S. The molecule has 0 unspecified atom stereocenters. The van der Waals surface area contributed by atoms with Crippen molar-refractivity contribution in [3.8, 4) is 0 Å². The van der Waals surface area contributed by atoms with E-state index in [0.717, 1.165) is 23.8 Å². The first-order chi connectivity index (χ1) is 8.99. The minimum absolute atomic E-state index is 0.270. The molecule has 0 bridgehead atoms. The zero-order valence-electron chi connectivity index (χ0n) is 11.6. The van der Waals surface area contributed by atoms with Gasteiger partial charge in [-0.25, -0.2) is 9.97 Å². The third kappa shape index (κ3) is 3.25. The highest BCUT2D eigenvalue weighted by atomic mass is 35.5. The van der Waals surface area contributed by atoms with Crippen LogP contribution in [0.3, 0.4) is 0 Å². The Bertz CT molecular complexity index is 552. The molecule has 2 heterocycles. The third-order valence-corrected chi connectivity index (χ3v) is 4.16. The van der Waals surface area contributed by atoms with Gasteiger partial charge in [-0.15, -0.1) is 11.3 Å². The van der Waals surface area contributed by atoms with Crippen LogP contribution in [0.2, 0.25) is 5.15 Å². The fourth-order valence-electron chi connectivity index (χ4n) is 1.84. The molecule has 0 radical (unpaired) electrons. The normalized spacial score (nSPS) is 11.1. The van der Waals surface area contributed by atoms with Gasteiger partial charge in [0.1, 0.15) is 16.8 Å². The van der Waals surface area contributed by atoms with Crippen molar-refractivity contribution in [1.82, 2.24) is 9.97 Å². The molecule has 0 saturated heterocycles. The molecular weight excluding hydrogens is 278 g/mol. The van der Waals surface area contributed by atoms with E-state index < -0.39 is 0 Å². The number of halogens is 1. The molecule has 0 aliphatic rings. The number of aromatic nitrogens is 2. The van der Waals surface area contributed by atoms with E-state index >= 15 is 0 Å². The van der Waals surface area contributed by atoms with E-state index in [2.05, 4.69) is 46.2 Å². The molecule has 0 saturated carbocycles. The summed E-state index contributed by atoms with van der Waals surface area (Å²) in [5, 5.41) is 2.63. The fraction of sp³-hybridized carbons (Fsp3) is 0.429. The first-order valence-electron chi connectivity index (χ1n) is 6.26. The number of hydrogen-bond donors (Lipinski definition) is 0. The van der Waals surface area contributed by atoms with Crippen molar-refractivity contribution in [2.75, 3.05) is 11.9 Å². The van der Waals surface area contributed by atoms with Crippen LogP contribution in [-0.4, -0.2) is 17.0 Å². The molecule has 102 valence electrons. The molecule has 0 amide bonds. The predicted molar refractivity (Wildman–Crippen MR) is 82.3 cm³/mol. The standard InChI is InChI=1S/C14H18ClN3S/c1-9(2)13-16-12(15)10(3)14(17-13)18(4)8-11-6-5-7-19-11/h5-7,9H,8H2,1-4H3. The van der Waals surface area contributed by atoms with Gasteiger partial charge in [0, 0.05) is 23.4 Å². The van der Waals surface area contributed by atoms with E-state index in [0.29, 0.717) is 5.15 Å². The van der Waals surface area contributed by atoms with E-state index in [-0.39, 0.29) is 5.92 Å². The zero-order chi connectivity index (χ0) is 14.0. The number of hydrogen-bond acceptors (Lipinski definition) is 4. The van der Waals surface area contributed by atoms with Gasteiger partial charge in [0.15, 0.2) is 0 Å². The second-order valence-corrected chi connectivity index (χ2v) is 6.30. The van der Waals surface area contributed by atoms with Gasteiger partial charge < -0.3 is 4.90 Å². The molecule has 3 nitrogen and oxygen atoms in total. The molecule has 0 aromatic carbocycles. The van der Waals surface area contributed by atoms with Gasteiger partial charge in [-0.1, -0.05) is 31.5 Å². The summed E-state index contributed by atoms with van der Waals surface area (Å²) >= 11 is 7.96. The Kier molecular flexibility index (Phi) is 4.42. The average Bonchev–Trinajstić information content (AvgIpc) is 2.84. The Morgan fingerprint density at radius 1 is 1.37 bits per heavy atom. The number of rotatable bonds is 4. The van der Waals surface area contributed by atoms with Crippen molar-refractivity contribution in [3.63, 3.8) is 0 Å². The Labute approximate surface area is 123 Å². The number of thiophene rings is 1. The summed E-state index contributed by atoms with van der Waals surface area (Å²) in [5.74, 6) is 1.98. The minimum atomic E-state index is 0.270. The molecule has 2 rings (SSSR count). The molecule has 0 N–H and O–H groups in total. The molecule has 0 spiro atoms. The summed E-state index contributed by atoms with van der Waals surface area (Å²) in [5.41, 5.74) is 0.935. The van der Waals surface area contributed by atoms with Gasteiger partial charge in [0.2, 0.25) is 0 Å². The molecule has 0 aliphatic carbocycles. The van der Waals surface area contributed by atoms with E-state index in [1.54, 1.807) is 11.3 Å². The smallest absolute Gasteiger partial charge is 0.137 e. The summed E-state index contributed by atoms with van der Waals surface area (Å²) in [6.45, 7) is 6.95. The highest BCUT2D eigenvalue weighted by Crippen LogP contribution is 2.26. The lowest BCUT2D eigenvalue weighted by molar-refractivity contribution is 0.759. The Morgan fingerprint density at radius 3 is 2.68 bits per heavy atom. The maximum Gasteiger partial charge on any atom is 0.137 e. The second kappa shape index (κ2) is 5.88. The highest BCUT2D eigenvalue weighted by molar-refractivity contribution is 7.09. The van der Waals surface area contributed by atoms with Crippen LogP contribution in [0.4, 0.5) is 5.82 Å². The van der Waals surface area contributed by atoms with Gasteiger partial charge in [-0.3, -0.25) is 0 Å². The second-order valence-electron chi connectivity index (χ2n) is 4.91. The van der Waals surface area contributed by atoms with Crippen molar-refractivity contribution in [2.24, 2.45) is 0 Å². The van der Waals surface area contributed by atoms with Gasteiger partial charge in [-0.2, -0.15) is 0 Å². The molecule has 0 fully saturated rings. The van der Waals surface area contributed by atoms with Gasteiger partial charge in [-0.05, 0) is 18.4 Å². The van der Waals surface area contributed by atoms with Crippen LogP contribution < -0.4 is 4.90 Å². The van der Waals surface area contributed by atoms with Crippen molar-refractivity contribution in [3.05, 3.63) is 38.9 Å². The lowest BCUT2D eigenvalue weighted by Crippen LogP contribution is -2.20. The lowest BCUT2D eigenvalue weighted by Gasteiger charge is -2.21. The Hall–Kier alpha value is -1.13. The topological polar surface area (TPSA) is 29.0 Å². The Morgan fingerprint density at radius 2 is 2.11 bits per heavy atom. The van der Waals surface area contributed by atoms with Crippen LogP contribution in [0.25, 0.3) is 0 Å². The molecule has 2 aromatic rings. The molecule has 2 aromatic heterocycles. The third-order valence-electron chi connectivity index (χ3n) is 2.93. The van der Waals surface area contributed by atoms with E-state index in [1.807, 2.05) is 14.0 Å². The SMILES string of the molecule is Cc1c(Cl)nc(C(C)C)nc1N(C)Cc1cccs1. The van der Waals surface area contributed by atoms with Crippen LogP contribution in [0.15, 0.2) is 17.5 Å². The summed E-state index contributed by atoms with van der Waals surface area (Å²) in [6, 6.07) is 4.19. The monoisotopic (exact) mass is 295 g/mol. The first-order valence-corrected chi connectivity index (χ1v) is 7.52. The summed E-state index contributed by atoms with van der Waals surface area (Å²) < 4.78 is 0. The molecule has 19 heavy (non-hydrogen) atoms. The fourth-order valence-corrected chi connectivity index (χ4v) is 2.76. The minimum Gasteiger partial charge on any atom is -0.354 e. The zero-order valence-corrected chi connectivity index (χ0v) is 13.2. The predicted octanol–water partition coefficient (Wildman–Crippen LogP) is 4.26. The van der Waals surface area contributed by atoms with E-state index in [1.165, 1.54) is 4.88 Å². The quantitative estimate of drug-likeness (QED) is 0.789. The van der Waals surface area contributed by atoms with Gasteiger partial charge in [0.05, 0.1) is 6.54 Å². The maximum atomic E-state index is 6.21. The molecule has 0 aliphatic heterocycles. The molecule has 0 atom stereocenters. The number of nitrogens with zero attached hydrogens (tertiary/aromatic N) is 3. The largest absolute Gasteiger partial charge is 0.354 e. The van der Waals surface area contributed by atoms with Crippen LogP contribution >= 0.6 is 22.9 Å². The van der Waals surface area contributed by atoms with Crippen molar-refractivity contribution in [1.29, 1.82) is 0 Å². The molecule has 5 heteroatoms. The van der Waals surface area contributed by atoms with Crippen molar-refractivity contribution < 1.29 is 0 Å². The van der Waals surface area contributed by atoms with E-state index in [9.17, 15) is 0 Å². The van der Waals surface area contributed by atoms with Crippen molar-refractivity contribution in [2.45, 2.75) is 33.2 Å². The summed E-state index contributed by atoms with van der Waals surface area (Å²) in [4.78, 5) is 12.4. The Balaban J connectivity index is 2.32. The van der Waals surface area contributed by atoms with Crippen LogP contribution in [-0.2, 0) is 6.54 Å². The summed E-state index contributed by atoms with van der Waals surface area (Å²) in [6.07, 6.45) is 0. The van der Waals surface area contributed by atoms with Gasteiger partial charge >= 0.3 is 0 Å². The number of anilines is 1. The first kappa shape index (κ1) is 14.3. The van der Waals surface area contributed by atoms with Gasteiger partial charge in [0.25, 0.3) is 0 Å². The average molecular weight is 296 g/mol. The van der Waals surface area contributed by atoms with Crippen molar-refractivity contribution >= 4 is 28.8 Å². The van der Waals surface area contributed by atoms with E-state index in [4.69, 9.17) is 11.6 Å². The maximum absolute atomic E-state index is 6.21. The van der Waals surface area contributed by atoms with Crippen LogP contribution in [0, 0.1) is 6.92 Å². The van der Waals surface area contributed by atoms with Crippen LogP contribution in [0.5, 0.6) is 0 Å². The lowest BCUT2D eigenvalue weighted by atomic mass is 10.2. The van der Waals surface area contributed by atoms with Crippen LogP contribution in [0.1, 0.15) is 36.0 Å². The highest BCUT2D eigenvalue weighted by Gasteiger charge is 2.15.